The third kappa shape index (κ3) is 2.55. The molecular formula is C12H12F2N4S. The highest BCUT2D eigenvalue weighted by atomic mass is 32.1. The molecule has 0 unspecified atom stereocenters. The van der Waals surface area contributed by atoms with Crippen molar-refractivity contribution in [3.05, 3.63) is 41.2 Å². The summed E-state index contributed by atoms with van der Waals surface area (Å²) in [7, 11) is 1.74. The Balaban J connectivity index is 2.39. The summed E-state index contributed by atoms with van der Waals surface area (Å²) < 4.78 is 29.2. The third-order valence-corrected chi connectivity index (χ3v) is 2.85. The summed E-state index contributed by atoms with van der Waals surface area (Å²) in [6.45, 7) is 1.76. The first-order chi connectivity index (χ1) is 8.90. The topological polar surface area (TPSA) is 55.9 Å². The maximum atomic E-state index is 13.9. The van der Waals surface area contributed by atoms with Crippen LogP contribution in [0.3, 0.4) is 0 Å². The van der Waals surface area contributed by atoms with Crippen LogP contribution in [-0.2, 0) is 7.05 Å². The van der Waals surface area contributed by atoms with Gasteiger partial charge in [-0.3, -0.25) is 4.68 Å². The summed E-state index contributed by atoms with van der Waals surface area (Å²) in [6, 6.07) is 2.73. The zero-order valence-electron chi connectivity index (χ0n) is 10.4. The van der Waals surface area contributed by atoms with Gasteiger partial charge in [0.05, 0.1) is 17.1 Å². The lowest BCUT2D eigenvalue weighted by atomic mass is 10.1. The van der Waals surface area contributed by atoms with Crippen LogP contribution < -0.4 is 11.1 Å². The largest absolute Gasteiger partial charge is 0.389 e. The molecule has 7 heteroatoms. The van der Waals surface area contributed by atoms with Crippen molar-refractivity contribution in [3.63, 3.8) is 0 Å². The fraction of sp³-hybridized carbons (Fsp3) is 0.167. The van der Waals surface area contributed by atoms with Crippen LogP contribution in [0.2, 0.25) is 0 Å². The number of hydrogen-bond donors (Lipinski definition) is 2. The lowest BCUT2D eigenvalue weighted by Crippen LogP contribution is -2.13. The van der Waals surface area contributed by atoms with Crippen LogP contribution in [0, 0.1) is 18.6 Å². The highest BCUT2D eigenvalue weighted by molar-refractivity contribution is 7.80. The van der Waals surface area contributed by atoms with Crippen LogP contribution in [-0.4, -0.2) is 14.8 Å². The van der Waals surface area contributed by atoms with E-state index >= 15 is 0 Å². The van der Waals surface area contributed by atoms with E-state index in [2.05, 4.69) is 22.6 Å². The molecule has 0 saturated carbocycles. The molecule has 0 aliphatic heterocycles. The van der Waals surface area contributed by atoms with E-state index in [1.54, 1.807) is 24.9 Å². The van der Waals surface area contributed by atoms with E-state index < -0.39 is 11.6 Å². The van der Waals surface area contributed by atoms with Crippen molar-refractivity contribution in [1.29, 1.82) is 0 Å². The zero-order valence-corrected chi connectivity index (χ0v) is 11.2. The maximum Gasteiger partial charge on any atom is 0.182 e. The predicted octanol–water partition coefficient (Wildman–Crippen LogP) is 2.38. The van der Waals surface area contributed by atoms with Crippen LogP contribution >= 0.6 is 12.2 Å². The molecule has 1 aromatic carbocycles. The van der Waals surface area contributed by atoms with Crippen LogP contribution in [0.5, 0.6) is 0 Å². The molecule has 100 valence electrons. The zero-order chi connectivity index (χ0) is 14.2. The Morgan fingerprint density at radius 2 is 2.00 bits per heavy atom. The number of nitrogens with zero attached hydrogens (tertiary/aromatic N) is 2. The van der Waals surface area contributed by atoms with Crippen molar-refractivity contribution in [1.82, 2.24) is 9.78 Å². The number of benzene rings is 1. The number of nitrogens with one attached hydrogen (secondary N) is 1. The van der Waals surface area contributed by atoms with Gasteiger partial charge in [-0.05, 0) is 19.1 Å². The smallest absolute Gasteiger partial charge is 0.182 e. The summed E-state index contributed by atoms with van der Waals surface area (Å²) in [5.41, 5.74) is 6.48. The monoisotopic (exact) mass is 282 g/mol. The summed E-state index contributed by atoms with van der Waals surface area (Å²) >= 11 is 4.64. The molecule has 2 rings (SSSR count). The second-order valence-corrected chi connectivity index (χ2v) is 4.52. The minimum absolute atomic E-state index is 0.00796. The van der Waals surface area contributed by atoms with Gasteiger partial charge >= 0.3 is 0 Å². The van der Waals surface area contributed by atoms with Crippen molar-refractivity contribution >= 4 is 28.6 Å². The van der Waals surface area contributed by atoms with Crippen molar-refractivity contribution < 1.29 is 8.78 Å². The van der Waals surface area contributed by atoms with E-state index in [0.29, 0.717) is 11.4 Å². The molecule has 0 amide bonds. The second-order valence-electron chi connectivity index (χ2n) is 4.08. The number of halogens is 2. The number of hydrogen-bond acceptors (Lipinski definition) is 3. The molecule has 0 atom stereocenters. The molecule has 4 nitrogen and oxygen atoms in total. The highest BCUT2D eigenvalue weighted by Gasteiger charge is 2.16. The first-order valence-electron chi connectivity index (χ1n) is 5.45. The molecular weight excluding hydrogens is 270 g/mol. The summed E-state index contributed by atoms with van der Waals surface area (Å²) in [5.74, 6) is -2.08. The lowest BCUT2D eigenvalue weighted by molar-refractivity contribution is 0.510. The molecule has 1 aromatic heterocycles. The number of aryl methyl sites for hydroxylation is 2. The Morgan fingerprint density at radius 3 is 2.53 bits per heavy atom. The van der Waals surface area contributed by atoms with Gasteiger partial charge in [-0.1, -0.05) is 12.2 Å². The van der Waals surface area contributed by atoms with Crippen molar-refractivity contribution in [3.8, 4) is 0 Å². The minimum Gasteiger partial charge on any atom is -0.389 e. The van der Waals surface area contributed by atoms with Gasteiger partial charge in [-0.2, -0.15) is 5.10 Å². The molecule has 2 aromatic rings. The average molecular weight is 282 g/mol. The van der Waals surface area contributed by atoms with Gasteiger partial charge in [-0.25, -0.2) is 8.78 Å². The van der Waals surface area contributed by atoms with Gasteiger partial charge in [0, 0.05) is 18.8 Å². The van der Waals surface area contributed by atoms with Gasteiger partial charge in [-0.15, -0.1) is 0 Å². The number of rotatable bonds is 3. The Bertz CT molecular complexity index is 651. The Morgan fingerprint density at radius 1 is 1.32 bits per heavy atom. The van der Waals surface area contributed by atoms with Crippen LogP contribution in [0.25, 0.3) is 0 Å². The van der Waals surface area contributed by atoms with E-state index in [1.165, 1.54) is 12.1 Å². The lowest BCUT2D eigenvalue weighted by Gasteiger charge is -2.09. The molecule has 0 aliphatic carbocycles. The molecule has 3 N–H and O–H groups in total. The standard InChI is InChI=1S/C12H12F2N4S/c1-6-9(5-18(2)17-6)16-8-4-3-7(12(15)19)10(13)11(8)14/h3-5,16H,1-2H3,(H2,15,19). The highest BCUT2D eigenvalue weighted by Crippen LogP contribution is 2.25. The fourth-order valence-corrected chi connectivity index (χ4v) is 1.86. The Hall–Kier alpha value is -2.02. The molecule has 0 saturated heterocycles. The van der Waals surface area contributed by atoms with E-state index in [0.717, 1.165) is 0 Å². The summed E-state index contributed by atoms with van der Waals surface area (Å²) in [6.07, 6.45) is 1.67. The maximum absolute atomic E-state index is 13.9. The predicted molar refractivity (Wildman–Crippen MR) is 73.5 cm³/mol. The van der Waals surface area contributed by atoms with Crippen molar-refractivity contribution in [2.75, 3.05) is 5.32 Å². The minimum atomic E-state index is -1.06. The van der Waals surface area contributed by atoms with Gasteiger partial charge in [0.2, 0.25) is 0 Å². The quantitative estimate of drug-likeness (QED) is 0.849. The van der Waals surface area contributed by atoms with E-state index in [4.69, 9.17) is 5.73 Å². The molecule has 0 bridgehead atoms. The number of nitrogens with two attached hydrogens (primary N) is 1. The van der Waals surface area contributed by atoms with Gasteiger partial charge in [0.1, 0.15) is 4.99 Å². The normalized spacial score (nSPS) is 10.5. The van der Waals surface area contributed by atoms with Crippen molar-refractivity contribution in [2.24, 2.45) is 12.8 Å². The fourth-order valence-electron chi connectivity index (χ4n) is 1.70. The first-order valence-corrected chi connectivity index (χ1v) is 5.86. The molecule has 0 spiro atoms. The molecule has 0 aliphatic rings. The Kier molecular flexibility index (Phi) is 3.48. The average Bonchev–Trinajstić information content (AvgIpc) is 2.63. The van der Waals surface area contributed by atoms with E-state index in [1.807, 2.05) is 0 Å². The first kappa shape index (κ1) is 13.4. The summed E-state index contributed by atoms with van der Waals surface area (Å²) in [5, 5.41) is 6.89. The van der Waals surface area contributed by atoms with Gasteiger partial charge in [0.15, 0.2) is 11.6 Å². The number of thiocarbonyl (C=S) groups is 1. The number of aromatic nitrogens is 2. The summed E-state index contributed by atoms with van der Waals surface area (Å²) in [4.78, 5) is -0.180. The molecule has 19 heavy (non-hydrogen) atoms. The third-order valence-electron chi connectivity index (χ3n) is 2.63. The molecule has 0 radical (unpaired) electrons. The SMILES string of the molecule is Cc1nn(C)cc1Nc1ccc(C(N)=S)c(F)c1F. The molecule has 0 fully saturated rings. The van der Waals surface area contributed by atoms with Gasteiger partial charge in [0.25, 0.3) is 0 Å². The number of anilines is 2. The molecule has 1 heterocycles. The van der Waals surface area contributed by atoms with Crippen LogP contribution in [0.4, 0.5) is 20.2 Å². The van der Waals surface area contributed by atoms with Crippen molar-refractivity contribution in [2.45, 2.75) is 6.92 Å². The van der Waals surface area contributed by atoms with Gasteiger partial charge < -0.3 is 11.1 Å². The van der Waals surface area contributed by atoms with Crippen LogP contribution in [0.1, 0.15) is 11.3 Å². The van der Waals surface area contributed by atoms with E-state index in [9.17, 15) is 8.78 Å². The Labute approximate surface area is 114 Å². The van der Waals surface area contributed by atoms with E-state index in [-0.39, 0.29) is 16.2 Å². The second kappa shape index (κ2) is 4.93. The van der Waals surface area contributed by atoms with Crippen LogP contribution in [0.15, 0.2) is 18.3 Å².